The average Bonchev–Trinajstić information content (AvgIpc) is 3.42. The van der Waals surface area contributed by atoms with Gasteiger partial charge >= 0.3 is 0 Å². The minimum atomic E-state index is -0.240. The Bertz CT molecular complexity index is 3270. The van der Waals surface area contributed by atoms with Crippen LogP contribution in [-0.4, -0.2) is 6.71 Å². The second-order valence-electron chi connectivity index (χ2n) is 20.8. The molecule has 342 valence electrons. The first-order valence-corrected chi connectivity index (χ1v) is 25.5. The van der Waals surface area contributed by atoms with Gasteiger partial charge in [-0.25, -0.2) is 0 Å². The topological polar surface area (TPSA) is 9.72 Å². The summed E-state index contributed by atoms with van der Waals surface area (Å²) in [6.45, 7) is 9.49. The van der Waals surface area contributed by atoms with Gasteiger partial charge in [0, 0.05) is 62.0 Å². The molecule has 1 aliphatic carbocycles. The molecule has 9 aromatic carbocycles. The van der Waals surface area contributed by atoms with E-state index in [9.17, 15) is 0 Å². The van der Waals surface area contributed by atoms with E-state index in [1.807, 2.05) is 0 Å². The third-order valence-corrected chi connectivity index (χ3v) is 16.0. The standard InChI is InChI=1S/C66H60BN3/c1-65(2,49-26-13-6-14-27-49)51-30-23-37-56(44-51)70-60-45-52(66(3,4)50-28-15-7-16-29-50)38-40-58(60)67-59-41-39-57(68(53-31-17-8-18-32-53)54-33-19-9-20-34-54)46-61(59)69(55-35-21-10-22-36-55)62-42-48(43-63(70)64(62)67)47-24-11-5-12-25-47/h6-10,13-23,26-47H,5,11-12,24-25H2,1-4H3. The van der Waals surface area contributed by atoms with Gasteiger partial charge in [0.1, 0.15) is 0 Å². The fourth-order valence-electron chi connectivity index (χ4n) is 12.0. The predicted molar refractivity (Wildman–Crippen MR) is 298 cm³/mol. The highest BCUT2D eigenvalue weighted by atomic mass is 15.2. The summed E-state index contributed by atoms with van der Waals surface area (Å²) in [6, 6.07) is 84.2. The second-order valence-corrected chi connectivity index (χ2v) is 20.8. The molecule has 0 aromatic heterocycles. The molecule has 0 N–H and O–H groups in total. The highest BCUT2D eigenvalue weighted by Gasteiger charge is 2.45. The van der Waals surface area contributed by atoms with Gasteiger partial charge in [0.2, 0.25) is 0 Å². The smallest absolute Gasteiger partial charge is 0.252 e. The molecule has 2 aliphatic heterocycles. The highest BCUT2D eigenvalue weighted by molar-refractivity contribution is 7.00. The maximum atomic E-state index is 2.65. The lowest BCUT2D eigenvalue weighted by molar-refractivity contribution is 0.444. The maximum Gasteiger partial charge on any atom is 0.252 e. The summed E-state index contributed by atoms with van der Waals surface area (Å²) in [5, 5.41) is 0. The van der Waals surface area contributed by atoms with Crippen molar-refractivity contribution in [1.82, 2.24) is 0 Å². The lowest BCUT2D eigenvalue weighted by Crippen LogP contribution is -2.61. The lowest BCUT2D eigenvalue weighted by atomic mass is 9.33. The van der Waals surface area contributed by atoms with E-state index in [2.05, 4.69) is 267 Å². The van der Waals surface area contributed by atoms with E-state index in [-0.39, 0.29) is 17.5 Å². The Kier molecular flexibility index (Phi) is 11.1. The zero-order chi connectivity index (χ0) is 47.4. The van der Waals surface area contributed by atoms with Crippen LogP contribution in [0.1, 0.15) is 93.5 Å². The Morgan fingerprint density at radius 3 is 1.41 bits per heavy atom. The first kappa shape index (κ1) is 43.7. The zero-order valence-corrected chi connectivity index (χ0v) is 40.9. The Morgan fingerprint density at radius 2 is 0.843 bits per heavy atom. The first-order valence-electron chi connectivity index (χ1n) is 25.5. The quantitative estimate of drug-likeness (QED) is 0.127. The molecule has 0 radical (unpaired) electrons. The van der Waals surface area contributed by atoms with E-state index in [0.717, 1.165) is 22.7 Å². The van der Waals surface area contributed by atoms with Gasteiger partial charge in [-0.3, -0.25) is 0 Å². The first-order chi connectivity index (χ1) is 34.3. The van der Waals surface area contributed by atoms with Crippen LogP contribution in [0.25, 0.3) is 0 Å². The summed E-state index contributed by atoms with van der Waals surface area (Å²) in [5.41, 5.74) is 20.9. The third kappa shape index (κ3) is 7.53. The minimum absolute atomic E-state index is 0.0135. The Labute approximate surface area is 415 Å². The number of para-hydroxylation sites is 3. The molecule has 9 aromatic rings. The van der Waals surface area contributed by atoms with Crippen molar-refractivity contribution in [1.29, 1.82) is 0 Å². The summed E-state index contributed by atoms with van der Waals surface area (Å²) in [4.78, 5) is 7.65. The van der Waals surface area contributed by atoms with Crippen molar-refractivity contribution in [2.24, 2.45) is 0 Å². The largest absolute Gasteiger partial charge is 0.311 e. The SMILES string of the molecule is CC(C)(c1ccccc1)c1cccc(N2c3cc(C(C)(C)c4ccccc4)ccc3B3c4ccc(N(c5ccccc5)c5ccccc5)cc4N(c4ccccc4)c4cc(C5CCCCC5)cc2c43)c1. The van der Waals surface area contributed by atoms with E-state index in [1.54, 1.807) is 0 Å². The molecular weight excluding hydrogens is 846 g/mol. The van der Waals surface area contributed by atoms with Gasteiger partial charge < -0.3 is 14.7 Å². The Balaban J connectivity index is 1.15. The molecule has 0 saturated heterocycles. The average molecular weight is 906 g/mol. The molecule has 12 rings (SSSR count). The molecule has 1 saturated carbocycles. The van der Waals surface area contributed by atoms with Crippen molar-refractivity contribution in [3.05, 3.63) is 252 Å². The molecule has 0 bridgehead atoms. The van der Waals surface area contributed by atoms with E-state index in [1.165, 1.54) is 105 Å². The Hall–Kier alpha value is -7.56. The third-order valence-electron chi connectivity index (χ3n) is 16.0. The summed E-state index contributed by atoms with van der Waals surface area (Å²) in [6.07, 6.45) is 6.27. The summed E-state index contributed by atoms with van der Waals surface area (Å²) < 4.78 is 0. The molecule has 70 heavy (non-hydrogen) atoms. The molecule has 3 nitrogen and oxygen atoms in total. The van der Waals surface area contributed by atoms with Crippen LogP contribution in [0.4, 0.5) is 51.2 Å². The van der Waals surface area contributed by atoms with E-state index in [4.69, 9.17) is 0 Å². The van der Waals surface area contributed by atoms with Crippen LogP contribution in [0.2, 0.25) is 0 Å². The van der Waals surface area contributed by atoms with Crippen LogP contribution in [-0.2, 0) is 10.8 Å². The molecule has 4 heteroatoms. The number of benzene rings is 9. The van der Waals surface area contributed by atoms with Gasteiger partial charge in [-0.1, -0.05) is 193 Å². The van der Waals surface area contributed by atoms with Gasteiger partial charge in [-0.05, 0) is 142 Å². The molecular formula is C66H60BN3. The van der Waals surface area contributed by atoms with Crippen LogP contribution >= 0.6 is 0 Å². The van der Waals surface area contributed by atoms with Crippen LogP contribution in [0.15, 0.2) is 224 Å². The lowest BCUT2D eigenvalue weighted by Gasteiger charge is -2.45. The van der Waals surface area contributed by atoms with Crippen LogP contribution in [0.3, 0.4) is 0 Å². The number of anilines is 9. The number of hydrogen-bond donors (Lipinski definition) is 0. The van der Waals surface area contributed by atoms with E-state index >= 15 is 0 Å². The van der Waals surface area contributed by atoms with Crippen LogP contribution < -0.4 is 31.1 Å². The highest BCUT2D eigenvalue weighted by Crippen LogP contribution is 2.49. The number of fused-ring (bicyclic) bond motifs is 4. The van der Waals surface area contributed by atoms with Gasteiger partial charge in [-0.15, -0.1) is 0 Å². The molecule has 0 unspecified atom stereocenters. The van der Waals surface area contributed by atoms with Crippen LogP contribution in [0.5, 0.6) is 0 Å². The second kappa shape index (κ2) is 17.8. The summed E-state index contributed by atoms with van der Waals surface area (Å²) in [5.74, 6) is 0.487. The number of nitrogens with zero attached hydrogens (tertiary/aromatic N) is 3. The molecule has 0 amide bonds. The van der Waals surface area contributed by atoms with Crippen molar-refractivity contribution in [2.75, 3.05) is 14.7 Å². The number of rotatable bonds is 10. The van der Waals surface area contributed by atoms with E-state index < -0.39 is 0 Å². The molecule has 1 fully saturated rings. The Morgan fingerprint density at radius 1 is 0.386 bits per heavy atom. The fourth-order valence-corrected chi connectivity index (χ4v) is 12.0. The zero-order valence-electron chi connectivity index (χ0n) is 40.9. The van der Waals surface area contributed by atoms with Gasteiger partial charge in [0.05, 0.1) is 0 Å². The van der Waals surface area contributed by atoms with Crippen molar-refractivity contribution in [3.63, 3.8) is 0 Å². The molecule has 3 aliphatic rings. The van der Waals surface area contributed by atoms with Crippen molar-refractivity contribution in [3.8, 4) is 0 Å². The predicted octanol–water partition coefficient (Wildman–Crippen LogP) is 15.9. The monoisotopic (exact) mass is 905 g/mol. The number of hydrogen-bond acceptors (Lipinski definition) is 3. The summed E-state index contributed by atoms with van der Waals surface area (Å²) in [7, 11) is 0. The van der Waals surface area contributed by atoms with Gasteiger partial charge in [-0.2, -0.15) is 0 Å². The summed E-state index contributed by atoms with van der Waals surface area (Å²) >= 11 is 0. The van der Waals surface area contributed by atoms with E-state index in [0.29, 0.717) is 5.92 Å². The van der Waals surface area contributed by atoms with Crippen molar-refractivity contribution < 1.29 is 0 Å². The van der Waals surface area contributed by atoms with Gasteiger partial charge in [0.25, 0.3) is 6.71 Å². The van der Waals surface area contributed by atoms with Crippen LogP contribution in [0, 0.1) is 0 Å². The van der Waals surface area contributed by atoms with Crippen molar-refractivity contribution >= 4 is 74.3 Å². The minimum Gasteiger partial charge on any atom is -0.311 e. The maximum absolute atomic E-state index is 2.65. The molecule has 0 atom stereocenters. The molecule has 0 spiro atoms. The molecule has 2 heterocycles. The van der Waals surface area contributed by atoms with Crippen molar-refractivity contribution in [2.45, 2.75) is 76.5 Å². The normalized spacial score (nSPS) is 14.4. The fraction of sp³-hybridized carbons (Fsp3) is 0.182. The van der Waals surface area contributed by atoms with Gasteiger partial charge in [0.15, 0.2) is 0 Å².